The molecule has 1 heterocycles. The zero-order chi connectivity index (χ0) is 15.0. The average molecular weight is 325 g/mol. The van der Waals surface area contributed by atoms with Crippen LogP contribution in [0.15, 0.2) is 23.1 Å². The predicted molar refractivity (Wildman–Crippen MR) is 80.4 cm³/mol. The highest BCUT2D eigenvalue weighted by Gasteiger charge is 2.42. The Bertz CT molecular complexity index is 696. The van der Waals surface area contributed by atoms with E-state index >= 15 is 0 Å². The molecule has 0 spiro atoms. The van der Waals surface area contributed by atoms with E-state index in [-0.39, 0.29) is 16.0 Å². The van der Waals surface area contributed by atoms with Crippen molar-refractivity contribution in [1.29, 1.82) is 5.26 Å². The standard InChI is InChI=1S/C15H17ClN2O2S/c16-13-9-11(10-17)5-6-15(13)21(19,20)18-8-7-12-3-1-2-4-14(12)18/h5-6,9,12,14H,1-4,7-8H2. The Hall–Kier alpha value is -1.09. The van der Waals surface area contributed by atoms with Crippen LogP contribution in [0.3, 0.4) is 0 Å². The van der Waals surface area contributed by atoms with Gasteiger partial charge in [-0.15, -0.1) is 0 Å². The summed E-state index contributed by atoms with van der Waals surface area (Å²) in [6.45, 7) is 0.577. The van der Waals surface area contributed by atoms with E-state index in [1.807, 2.05) is 6.07 Å². The minimum atomic E-state index is -3.57. The fourth-order valence-corrected chi connectivity index (χ4v) is 5.82. The highest BCUT2D eigenvalue weighted by atomic mass is 35.5. The Morgan fingerprint density at radius 3 is 2.71 bits per heavy atom. The van der Waals surface area contributed by atoms with Crippen molar-refractivity contribution in [3.05, 3.63) is 28.8 Å². The first-order valence-corrected chi connectivity index (χ1v) is 9.07. The Labute approximate surface area is 130 Å². The molecule has 1 saturated heterocycles. The molecule has 0 bridgehead atoms. The van der Waals surface area contributed by atoms with Gasteiger partial charge in [0.15, 0.2) is 0 Å². The van der Waals surface area contributed by atoms with E-state index in [4.69, 9.17) is 16.9 Å². The molecule has 0 aromatic heterocycles. The monoisotopic (exact) mass is 324 g/mol. The first-order chi connectivity index (χ1) is 10.0. The van der Waals surface area contributed by atoms with Crippen LogP contribution in [0.1, 0.15) is 37.7 Å². The van der Waals surface area contributed by atoms with E-state index in [0.717, 1.165) is 25.7 Å². The summed E-state index contributed by atoms with van der Waals surface area (Å²) in [4.78, 5) is 0.120. The first-order valence-electron chi connectivity index (χ1n) is 7.25. The largest absolute Gasteiger partial charge is 0.244 e. The molecule has 0 N–H and O–H groups in total. The summed E-state index contributed by atoms with van der Waals surface area (Å²) in [5.41, 5.74) is 0.371. The molecule has 1 aromatic rings. The van der Waals surface area contributed by atoms with Crippen LogP contribution in [0, 0.1) is 17.2 Å². The summed E-state index contributed by atoms with van der Waals surface area (Å²) in [6.07, 6.45) is 5.30. The number of hydrogen-bond donors (Lipinski definition) is 0. The molecule has 0 amide bonds. The third-order valence-corrected chi connectivity index (χ3v) is 7.01. The Morgan fingerprint density at radius 2 is 2.00 bits per heavy atom. The summed E-state index contributed by atoms with van der Waals surface area (Å²) in [6, 6.07) is 6.47. The molecule has 0 radical (unpaired) electrons. The van der Waals surface area contributed by atoms with Crippen molar-refractivity contribution < 1.29 is 8.42 Å². The lowest BCUT2D eigenvalue weighted by Crippen LogP contribution is -2.39. The molecule has 2 aliphatic rings. The van der Waals surface area contributed by atoms with Gasteiger partial charge in [0.1, 0.15) is 4.90 Å². The van der Waals surface area contributed by atoms with Crippen LogP contribution in [0.5, 0.6) is 0 Å². The molecule has 4 nitrogen and oxygen atoms in total. The minimum absolute atomic E-state index is 0.120. The molecule has 112 valence electrons. The normalized spacial score (nSPS) is 26.3. The van der Waals surface area contributed by atoms with Crippen LogP contribution in [-0.2, 0) is 10.0 Å². The van der Waals surface area contributed by atoms with Gasteiger partial charge in [0.25, 0.3) is 0 Å². The van der Waals surface area contributed by atoms with Gasteiger partial charge >= 0.3 is 0 Å². The molecule has 1 aromatic carbocycles. The fourth-order valence-electron chi connectivity index (χ4n) is 3.57. The van der Waals surface area contributed by atoms with Crippen molar-refractivity contribution in [3.63, 3.8) is 0 Å². The van der Waals surface area contributed by atoms with Crippen molar-refractivity contribution in [3.8, 4) is 6.07 Å². The number of nitrogens with zero attached hydrogens (tertiary/aromatic N) is 2. The molecule has 2 unspecified atom stereocenters. The summed E-state index contributed by atoms with van der Waals surface area (Å²) in [7, 11) is -3.57. The second-order valence-corrected chi connectivity index (χ2v) is 8.04. The van der Waals surface area contributed by atoms with E-state index in [9.17, 15) is 8.42 Å². The van der Waals surface area contributed by atoms with Gasteiger partial charge in [-0.1, -0.05) is 24.4 Å². The molecule has 1 aliphatic carbocycles. The number of sulfonamides is 1. The zero-order valence-electron chi connectivity index (χ0n) is 11.6. The van der Waals surface area contributed by atoms with Crippen molar-refractivity contribution in [1.82, 2.24) is 4.31 Å². The maximum atomic E-state index is 12.9. The average Bonchev–Trinajstić information content (AvgIpc) is 2.91. The summed E-state index contributed by atoms with van der Waals surface area (Å²) in [5.74, 6) is 0.491. The predicted octanol–water partition coefficient (Wildman–Crippen LogP) is 3.16. The minimum Gasteiger partial charge on any atom is -0.207 e. The van der Waals surface area contributed by atoms with Gasteiger partial charge in [0.2, 0.25) is 10.0 Å². The Balaban J connectivity index is 1.96. The molecular weight excluding hydrogens is 308 g/mol. The number of fused-ring (bicyclic) bond motifs is 1. The number of hydrogen-bond acceptors (Lipinski definition) is 3. The van der Waals surface area contributed by atoms with Gasteiger partial charge in [-0.3, -0.25) is 0 Å². The zero-order valence-corrected chi connectivity index (χ0v) is 13.2. The maximum Gasteiger partial charge on any atom is 0.244 e. The lowest BCUT2D eigenvalue weighted by molar-refractivity contribution is 0.260. The Kier molecular flexibility index (Phi) is 3.96. The molecule has 21 heavy (non-hydrogen) atoms. The molecule has 1 aliphatic heterocycles. The van der Waals surface area contributed by atoms with E-state index in [0.29, 0.717) is 18.0 Å². The lowest BCUT2D eigenvalue weighted by Gasteiger charge is -2.31. The number of benzene rings is 1. The Morgan fingerprint density at radius 1 is 1.24 bits per heavy atom. The summed E-state index contributed by atoms with van der Waals surface area (Å²) < 4.78 is 27.4. The topological polar surface area (TPSA) is 61.2 Å². The van der Waals surface area contributed by atoms with Crippen LogP contribution < -0.4 is 0 Å². The smallest absolute Gasteiger partial charge is 0.207 e. The SMILES string of the molecule is N#Cc1ccc(S(=O)(=O)N2CCC3CCCCC32)c(Cl)c1. The van der Waals surface area contributed by atoms with E-state index < -0.39 is 10.0 Å². The summed E-state index contributed by atoms with van der Waals surface area (Å²) in [5, 5.41) is 8.99. The van der Waals surface area contributed by atoms with E-state index in [1.165, 1.54) is 24.6 Å². The van der Waals surface area contributed by atoms with Crippen LogP contribution in [0.25, 0.3) is 0 Å². The highest BCUT2D eigenvalue weighted by molar-refractivity contribution is 7.89. The van der Waals surface area contributed by atoms with Gasteiger partial charge < -0.3 is 0 Å². The fraction of sp³-hybridized carbons (Fsp3) is 0.533. The highest BCUT2D eigenvalue weighted by Crippen LogP contribution is 2.40. The number of halogens is 1. The summed E-state index contributed by atoms with van der Waals surface area (Å²) >= 11 is 6.09. The quantitative estimate of drug-likeness (QED) is 0.839. The van der Waals surface area contributed by atoms with Gasteiger partial charge in [0, 0.05) is 12.6 Å². The lowest BCUT2D eigenvalue weighted by atomic mass is 9.86. The molecule has 3 rings (SSSR count). The molecular formula is C15H17ClN2O2S. The third-order valence-electron chi connectivity index (χ3n) is 4.61. The van der Waals surface area contributed by atoms with E-state index in [2.05, 4.69) is 0 Å². The molecule has 1 saturated carbocycles. The van der Waals surface area contributed by atoms with Gasteiger partial charge in [0.05, 0.1) is 16.7 Å². The van der Waals surface area contributed by atoms with Crippen LogP contribution >= 0.6 is 11.6 Å². The second-order valence-electron chi connectivity index (χ2n) is 5.77. The van der Waals surface area contributed by atoms with Crippen molar-refractivity contribution >= 4 is 21.6 Å². The molecule has 2 atom stereocenters. The van der Waals surface area contributed by atoms with Crippen LogP contribution in [0.4, 0.5) is 0 Å². The maximum absolute atomic E-state index is 12.9. The molecule has 6 heteroatoms. The third kappa shape index (κ3) is 2.57. The van der Waals surface area contributed by atoms with Gasteiger partial charge in [-0.05, 0) is 43.4 Å². The van der Waals surface area contributed by atoms with Gasteiger partial charge in [-0.2, -0.15) is 9.57 Å². The first kappa shape index (κ1) is 14.8. The van der Waals surface area contributed by atoms with Crippen molar-refractivity contribution in [2.75, 3.05) is 6.54 Å². The van der Waals surface area contributed by atoms with Crippen LogP contribution in [-0.4, -0.2) is 25.3 Å². The number of rotatable bonds is 2. The number of nitriles is 1. The van der Waals surface area contributed by atoms with Crippen LogP contribution in [0.2, 0.25) is 5.02 Å². The van der Waals surface area contributed by atoms with E-state index in [1.54, 1.807) is 4.31 Å². The van der Waals surface area contributed by atoms with Crippen molar-refractivity contribution in [2.45, 2.75) is 43.0 Å². The molecule has 2 fully saturated rings. The van der Waals surface area contributed by atoms with Crippen molar-refractivity contribution in [2.24, 2.45) is 5.92 Å². The van der Waals surface area contributed by atoms with Gasteiger partial charge in [-0.25, -0.2) is 8.42 Å². The second kappa shape index (κ2) is 5.60.